The van der Waals surface area contributed by atoms with Crippen LogP contribution in [-0.4, -0.2) is 24.4 Å². The molecule has 0 unspecified atom stereocenters. The molecule has 0 aliphatic rings. The second-order valence-electron chi connectivity index (χ2n) is 2.00. The number of rotatable bonds is 5. The van der Waals surface area contributed by atoms with Crippen LogP contribution in [0.15, 0.2) is 12.7 Å². The van der Waals surface area contributed by atoms with E-state index in [1.807, 2.05) is 0 Å². The van der Waals surface area contributed by atoms with Crippen molar-refractivity contribution in [2.45, 2.75) is 19.4 Å². The van der Waals surface area contributed by atoms with Crippen molar-refractivity contribution in [3.05, 3.63) is 12.7 Å². The maximum absolute atomic E-state index is 8.75. The summed E-state index contributed by atoms with van der Waals surface area (Å²) in [5, 5.41) is 8.75. The van der Waals surface area contributed by atoms with E-state index in [1.165, 1.54) is 0 Å². The third kappa shape index (κ3) is 7.66. The van der Waals surface area contributed by atoms with E-state index in [0.29, 0.717) is 19.6 Å². The van der Waals surface area contributed by atoms with Crippen molar-refractivity contribution in [3.63, 3.8) is 0 Å². The van der Waals surface area contributed by atoms with Crippen LogP contribution in [0.4, 0.5) is 0 Å². The first-order valence-electron chi connectivity index (χ1n) is 3.14. The van der Waals surface area contributed by atoms with Gasteiger partial charge in [0.15, 0.2) is 0 Å². The molecular formula is C7H14O2. The summed E-state index contributed by atoms with van der Waals surface area (Å²) in [6.45, 7) is 6.43. The highest BCUT2D eigenvalue weighted by Gasteiger charge is 1.92. The first kappa shape index (κ1) is 8.66. The van der Waals surface area contributed by atoms with Crippen LogP contribution >= 0.6 is 0 Å². The zero-order valence-corrected chi connectivity index (χ0v) is 5.84. The molecule has 2 nitrogen and oxygen atoms in total. The minimum Gasteiger partial charge on any atom is -0.393 e. The second kappa shape index (κ2) is 5.79. The zero-order chi connectivity index (χ0) is 7.11. The maximum Gasteiger partial charge on any atom is 0.0644 e. The van der Waals surface area contributed by atoms with Crippen LogP contribution in [0, 0.1) is 0 Å². The molecule has 0 bridgehead atoms. The highest BCUT2D eigenvalue weighted by atomic mass is 16.5. The molecular weight excluding hydrogens is 116 g/mol. The Morgan fingerprint density at radius 1 is 1.78 bits per heavy atom. The summed E-state index contributed by atoms with van der Waals surface area (Å²) in [6.07, 6.45) is 2.14. The molecule has 0 saturated carbocycles. The van der Waals surface area contributed by atoms with Gasteiger partial charge in [-0.25, -0.2) is 0 Å². The molecule has 2 heteroatoms. The summed E-state index contributed by atoms with van der Waals surface area (Å²) in [6, 6.07) is 0. The molecule has 0 aliphatic heterocycles. The molecule has 0 saturated heterocycles. The second-order valence-corrected chi connectivity index (χ2v) is 2.00. The van der Waals surface area contributed by atoms with E-state index in [1.54, 1.807) is 13.0 Å². The van der Waals surface area contributed by atoms with Crippen LogP contribution in [0.5, 0.6) is 0 Å². The van der Waals surface area contributed by atoms with Crippen molar-refractivity contribution in [3.8, 4) is 0 Å². The van der Waals surface area contributed by atoms with Crippen LogP contribution in [0.2, 0.25) is 0 Å². The Labute approximate surface area is 56.1 Å². The first-order chi connectivity index (χ1) is 4.27. The molecule has 0 radical (unpaired) electrons. The van der Waals surface area contributed by atoms with Crippen molar-refractivity contribution < 1.29 is 9.84 Å². The molecule has 0 aliphatic carbocycles. The van der Waals surface area contributed by atoms with Gasteiger partial charge in [-0.2, -0.15) is 0 Å². The number of hydrogen-bond acceptors (Lipinski definition) is 2. The van der Waals surface area contributed by atoms with Gasteiger partial charge in [0.05, 0.1) is 12.7 Å². The van der Waals surface area contributed by atoms with Gasteiger partial charge < -0.3 is 9.84 Å². The Morgan fingerprint density at radius 3 is 2.89 bits per heavy atom. The Morgan fingerprint density at radius 2 is 2.44 bits per heavy atom. The van der Waals surface area contributed by atoms with Crippen molar-refractivity contribution in [1.82, 2.24) is 0 Å². The molecule has 1 atom stereocenters. The van der Waals surface area contributed by atoms with Crippen molar-refractivity contribution >= 4 is 0 Å². The molecule has 0 amide bonds. The predicted molar refractivity (Wildman–Crippen MR) is 37.3 cm³/mol. The SMILES string of the molecule is C=CCOCC[C@H](C)O. The van der Waals surface area contributed by atoms with E-state index in [2.05, 4.69) is 6.58 Å². The van der Waals surface area contributed by atoms with Crippen LogP contribution in [0.3, 0.4) is 0 Å². The van der Waals surface area contributed by atoms with E-state index in [-0.39, 0.29) is 6.10 Å². The maximum atomic E-state index is 8.75. The summed E-state index contributed by atoms with van der Waals surface area (Å²) >= 11 is 0. The van der Waals surface area contributed by atoms with Gasteiger partial charge in [-0.15, -0.1) is 6.58 Å². The van der Waals surface area contributed by atoms with Crippen LogP contribution < -0.4 is 0 Å². The molecule has 0 aromatic heterocycles. The van der Waals surface area contributed by atoms with Crippen molar-refractivity contribution in [1.29, 1.82) is 0 Å². The molecule has 0 fully saturated rings. The van der Waals surface area contributed by atoms with E-state index in [9.17, 15) is 0 Å². The number of aliphatic hydroxyl groups excluding tert-OH is 1. The Hall–Kier alpha value is -0.340. The number of aliphatic hydroxyl groups is 1. The zero-order valence-electron chi connectivity index (χ0n) is 5.84. The smallest absolute Gasteiger partial charge is 0.0644 e. The molecule has 0 aromatic carbocycles. The molecule has 0 heterocycles. The predicted octanol–water partition coefficient (Wildman–Crippen LogP) is 0.960. The van der Waals surface area contributed by atoms with Gasteiger partial charge >= 0.3 is 0 Å². The Balaban J connectivity index is 2.82. The minimum atomic E-state index is -0.255. The molecule has 1 N–H and O–H groups in total. The largest absolute Gasteiger partial charge is 0.393 e. The fraction of sp³-hybridized carbons (Fsp3) is 0.714. The lowest BCUT2D eigenvalue weighted by atomic mass is 10.3. The van der Waals surface area contributed by atoms with E-state index in [4.69, 9.17) is 9.84 Å². The van der Waals surface area contributed by atoms with Gasteiger partial charge in [-0.05, 0) is 13.3 Å². The number of ether oxygens (including phenoxy) is 1. The molecule has 0 aromatic rings. The molecule has 9 heavy (non-hydrogen) atoms. The van der Waals surface area contributed by atoms with E-state index < -0.39 is 0 Å². The van der Waals surface area contributed by atoms with Gasteiger partial charge in [0.25, 0.3) is 0 Å². The van der Waals surface area contributed by atoms with Gasteiger partial charge in [-0.1, -0.05) is 6.08 Å². The summed E-state index contributed by atoms with van der Waals surface area (Å²) in [4.78, 5) is 0. The third-order valence-corrected chi connectivity index (χ3v) is 0.916. The van der Waals surface area contributed by atoms with Gasteiger partial charge in [-0.3, -0.25) is 0 Å². The summed E-state index contributed by atoms with van der Waals surface area (Å²) in [5.41, 5.74) is 0. The van der Waals surface area contributed by atoms with Gasteiger partial charge in [0.1, 0.15) is 0 Å². The lowest BCUT2D eigenvalue weighted by Crippen LogP contribution is -2.05. The van der Waals surface area contributed by atoms with Gasteiger partial charge in [0.2, 0.25) is 0 Å². The standard InChI is InChI=1S/C7H14O2/c1-3-5-9-6-4-7(2)8/h3,7-8H,1,4-6H2,2H3/t7-/m0/s1. The Kier molecular flexibility index (Phi) is 5.57. The Bertz CT molecular complexity index is 69.3. The quantitative estimate of drug-likeness (QED) is 0.443. The molecule has 0 rings (SSSR count). The van der Waals surface area contributed by atoms with Gasteiger partial charge in [0, 0.05) is 6.61 Å². The summed E-state index contributed by atoms with van der Waals surface area (Å²) in [7, 11) is 0. The van der Waals surface area contributed by atoms with E-state index >= 15 is 0 Å². The highest BCUT2D eigenvalue weighted by Crippen LogP contribution is 1.89. The van der Waals surface area contributed by atoms with Crippen molar-refractivity contribution in [2.24, 2.45) is 0 Å². The minimum absolute atomic E-state index is 0.255. The fourth-order valence-electron chi connectivity index (χ4n) is 0.421. The normalized spacial score (nSPS) is 13.1. The van der Waals surface area contributed by atoms with Crippen LogP contribution in [-0.2, 0) is 4.74 Å². The summed E-state index contributed by atoms with van der Waals surface area (Å²) in [5.74, 6) is 0. The lowest BCUT2D eigenvalue weighted by molar-refractivity contribution is 0.105. The van der Waals surface area contributed by atoms with Crippen LogP contribution in [0.1, 0.15) is 13.3 Å². The molecule has 0 spiro atoms. The first-order valence-corrected chi connectivity index (χ1v) is 3.14. The average Bonchev–Trinajstić information content (AvgIpc) is 1.80. The van der Waals surface area contributed by atoms with Crippen LogP contribution in [0.25, 0.3) is 0 Å². The third-order valence-electron chi connectivity index (χ3n) is 0.916. The van der Waals surface area contributed by atoms with Crippen molar-refractivity contribution in [2.75, 3.05) is 13.2 Å². The summed E-state index contributed by atoms with van der Waals surface area (Å²) < 4.78 is 5.02. The van der Waals surface area contributed by atoms with E-state index in [0.717, 1.165) is 0 Å². The number of hydrogen-bond donors (Lipinski definition) is 1. The topological polar surface area (TPSA) is 29.5 Å². The monoisotopic (exact) mass is 130 g/mol. The lowest BCUT2D eigenvalue weighted by Gasteiger charge is -2.02. The molecule has 54 valence electrons. The highest BCUT2D eigenvalue weighted by molar-refractivity contribution is 4.63. The average molecular weight is 130 g/mol. The fourth-order valence-corrected chi connectivity index (χ4v) is 0.421.